The number of carboxylic acid groups (broad SMARTS) is 1. The number of carbonyl (C=O) groups is 2. The highest BCUT2D eigenvalue weighted by Crippen LogP contribution is 2.29. The predicted octanol–water partition coefficient (Wildman–Crippen LogP) is 6.33. The van der Waals surface area contributed by atoms with Gasteiger partial charge in [0.15, 0.2) is 0 Å². The number of hydrogen-bond acceptors (Lipinski definition) is 4. The smallest absolute Gasteiger partial charge is 0.326 e. The third kappa shape index (κ3) is 6.07. The Morgan fingerprint density at radius 3 is 2.42 bits per heavy atom. The van der Waals surface area contributed by atoms with Crippen molar-refractivity contribution in [1.29, 1.82) is 0 Å². The summed E-state index contributed by atoms with van der Waals surface area (Å²) < 4.78 is 6.08. The van der Waals surface area contributed by atoms with Crippen LogP contribution in [-0.4, -0.2) is 35.0 Å². The van der Waals surface area contributed by atoms with Crippen LogP contribution in [0.15, 0.2) is 84.9 Å². The summed E-state index contributed by atoms with van der Waals surface area (Å²) >= 11 is 1.55. The summed E-state index contributed by atoms with van der Waals surface area (Å²) in [5.74, 6) is -0.0162. The molecule has 4 rings (SSSR count). The molecule has 0 saturated heterocycles. The van der Waals surface area contributed by atoms with Crippen molar-refractivity contribution in [2.24, 2.45) is 0 Å². The van der Waals surface area contributed by atoms with Gasteiger partial charge in [0, 0.05) is 5.56 Å². The van der Waals surface area contributed by atoms with Gasteiger partial charge in [-0.25, -0.2) is 4.79 Å². The van der Waals surface area contributed by atoms with Crippen molar-refractivity contribution in [2.75, 3.05) is 12.0 Å². The van der Waals surface area contributed by atoms with Crippen LogP contribution in [-0.2, 0) is 11.4 Å². The maximum absolute atomic E-state index is 13.2. The number of thioether (sulfide) groups is 1. The summed E-state index contributed by atoms with van der Waals surface area (Å²) in [6, 6.07) is 26.6. The monoisotopic (exact) mass is 499 g/mol. The molecule has 36 heavy (non-hydrogen) atoms. The van der Waals surface area contributed by atoms with E-state index >= 15 is 0 Å². The molecular formula is C30H29NO4S. The third-order valence-electron chi connectivity index (χ3n) is 6.10. The van der Waals surface area contributed by atoms with Gasteiger partial charge in [0.1, 0.15) is 18.4 Å². The Labute approximate surface area is 215 Å². The zero-order valence-electron chi connectivity index (χ0n) is 20.4. The molecule has 0 heterocycles. The number of aryl methyl sites for hydroxylation is 1. The average molecular weight is 500 g/mol. The highest BCUT2D eigenvalue weighted by atomic mass is 32.2. The Morgan fingerprint density at radius 1 is 0.917 bits per heavy atom. The molecule has 0 radical (unpaired) electrons. The largest absolute Gasteiger partial charge is 0.489 e. The van der Waals surface area contributed by atoms with Gasteiger partial charge in [-0.1, -0.05) is 60.7 Å². The summed E-state index contributed by atoms with van der Waals surface area (Å²) in [6.45, 7) is 2.33. The lowest BCUT2D eigenvalue weighted by Gasteiger charge is -2.18. The minimum Gasteiger partial charge on any atom is -0.489 e. The van der Waals surface area contributed by atoms with Gasteiger partial charge >= 0.3 is 5.97 Å². The number of rotatable bonds is 10. The first-order chi connectivity index (χ1) is 17.5. The number of amides is 1. The normalized spacial score (nSPS) is 11.7. The second-order valence-electron chi connectivity index (χ2n) is 8.64. The average Bonchev–Trinajstić information content (AvgIpc) is 2.89. The van der Waals surface area contributed by atoms with E-state index in [1.54, 1.807) is 17.8 Å². The lowest BCUT2D eigenvalue weighted by atomic mass is 9.93. The lowest BCUT2D eigenvalue weighted by Crippen LogP contribution is -2.41. The van der Waals surface area contributed by atoms with E-state index in [0.29, 0.717) is 24.3 Å². The molecule has 0 aliphatic rings. The SMILES string of the molecule is CSCC[C@H](NC(=O)c1ccc(COc2ccc3ccccc3c2)cc1-c1ccccc1C)C(=O)O. The minimum atomic E-state index is -1.03. The summed E-state index contributed by atoms with van der Waals surface area (Å²) in [4.78, 5) is 24.9. The zero-order valence-corrected chi connectivity index (χ0v) is 21.2. The molecule has 1 atom stereocenters. The summed E-state index contributed by atoms with van der Waals surface area (Å²) in [6.07, 6.45) is 2.27. The molecule has 0 spiro atoms. The molecule has 0 bridgehead atoms. The summed E-state index contributed by atoms with van der Waals surface area (Å²) in [7, 11) is 0. The minimum absolute atomic E-state index is 0.338. The molecule has 0 saturated carbocycles. The molecule has 184 valence electrons. The number of aliphatic carboxylic acids is 1. The first-order valence-electron chi connectivity index (χ1n) is 11.8. The molecule has 0 aromatic heterocycles. The molecule has 4 aromatic rings. The Morgan fingerprint density at radius 2 is 1.67 bits per heavy atom. The number of carbonyl (C=O) groups excluding carboxylic acids is 1. The van der Waals surface area contributed by atoms with Crippen molar-refractivity contribution in [2.45, 2.75) is 26.0 Å². The quantitative estimate of drug-likeness (QED) is 0.267. The van der Waals surface area contributed by atoms with Gasteiger partial charge in [0.05, 0.1) is 0 Å². The summed E-state index contributed by atoms with van der Waals surface area (Å²) in [5.41, 5.74) is 4.05. The molecule has 1 amide bonds. The van der Waals surface area contributed by atoms with E-state index < -0.39 is 17.9 Å². The molecule has 0 aliphatic carbocycles. The standard InChI is InChI=1S/C30H29NO4S/c1-20-7-3-6-10-25(20)27-17-21(19-35-24-13-12-22-8-4-5-9-23(22)18-24)11-14-26(27)29(32)31-28(30(33)34)15-16-36-2/h3-14,17-18,28H,15-16,19H2,1-2H3,(H,31,32)(H,33,34)/t28-/m0/s1. The van der Waals surface area contributed by atoms with Crippen molar-refractivity contribution in [3.8, 4) is 16.9 Å². The number of ether oxygens (including phenoxy) is 1. The van der Waals surface area contributed by atoms with E-state index in [4.69, 9.17) is 4.74 Å². The van der Waals surface area contributed by atoms with Crippen molar-refractivity contribution >= 4 is 34.4 Å². The van der Waals surface area contributed by atoms with Crippen molar-refractivity contribution < 1.29 is 19.4 Å². The molecule has 2 N–H and O–H groups in total. The molecular weight excluding hydrogens is 470 g/mol. The Hall–Kier alpha value is -3.77. The topological polar surface area (TPSA) is 75.6 Å². The van der Waals surface area contributed by atoms with Gasteiger partial charge in [-0.15, -0.1) is 0 Å². The molecule has 0 unspecified atom stereocenters. The molecule has 0 aliphatic heterocycles. The van der Waals surface area contributed by atoms with Crippen LogP contribution in [0.2, 0.25) is 0 Å². The van der Waals surface area contributed by atoms with Gasteiger partial charge in [-0.05, 0) is 82.6 Å². The fourth-order valence-corrected chi connectivity index (χ4v) is 4.60. The highest BCUT2D eigenvalue weighted by Gasteiger charge is 2.22. The number of nitrogens with one attached hydrogen (secondary N) is 1. The van der Waals surface area contributed by atoms with E-state index in [1.807, 2.05) is 79.9 Å². The van der Waals surface area contributed by atoms with Gasteiger partial charge in [-0.2, -0.15) is 11.8 Å². The van der Waals surface area contributed by atoms with Gasteiger partial charge in [0.2, 0.25) is 0 Å². The first-order valence-corrected chi connectivity index (χ1v) is 13.2. The van der Waals surface area contributed by atoms with Gasteiger partial charge in [0.25, 0.3) is 5.91 Å². The fourth-order valence-electron chi connectivity index (χ4n) is 4.13. The number of hydrogen-bond donors (Lipinski definition) is 2. The van der Waals surface area contributed by atoms with Crippen LogP contribution in [0.4, 0.5) is 0 Å². The van der Waals surface area contributed by atoms with Crippen LogP contribution in [0.5, 0.6) is 5.75 Å². The van der Waals surface area contributed by atoms with E-state index in [1.165, 1.54) is 0 Å². The fraction of sp³-hybridized carbons (Fsp3) is 0.200. The second kappa shape index (κ2) is 11.8. The van der Waals surface area contributed by atoms with Gasteiger partial charge in [-0.3, -0.25) is 4.79 Å². The predicted molar refractivity (Wildman–Crippen MR) is 147 cm³/mol. The van der Waals surface area contributed by atoms with Crippen LogP contribution in [0.25, 0.3) is 21.9 Å². The number of benzene rings is 4. The van der Waals surface area contributed by atoms with E-state index in [-0.39, 0.29) is 0 Å². The van der Waals surface area contributed by atoms with Crippen LogP contribution in [0.3, 0.4) is 0 Å². The van der Waals surface area contributed by atoms with Crippen LogP contribution in [0.1, 0.15) is 27.9 Å². The molecule has 4 aromatic carbocycles. The van der Waals surface area contributed by atoms with Crippen LogP contribution in [0, 0.1) is 6.92 Å². The zero-order chi connectivity index (χ0) is 25.5. The number of carboxylic acids is 1. The van der Waals surface area contributed by atoms with E-state index in [9.17, 15) is 14.7 Å². The van der Waals surface area contributed by atoms with E-state index in [2.05, 4.69) is 17.4 Å². The van der Waals surface area contributed by atoms with Crippen LogP contribution >= 0.6 is 11.8 Å². The van der Waals surface area contributed by atoms with E-state index in [0.717, 1.165) is 38.8 Å². The van der Waals surface area contributed by atoms with Crippen molar-refractivity contribution in [3.05, 3.63) is 102 Å². The number of fused-ring (bicyclic) bond motifs is 1. The molecule has 6 heteroatoms. The highest BCUT2D eigenvalue weighted by molar-refractivity contribution is 7.98. The maximum Gasteiger partial charge on any atom is 0.326 e. The Bertz CT molecular complexity index is 1380. The Kier molecular flexibility index (Phi) is 8.28. The molecule has 0 fully saturated rings. The third-order valence-corrected chi connectivity index (χ3v) is 6.75. The lowest BCUT2D eigenvalue weighted by molar-refractivity contribution is -0.139. The van der Waals surface area contributed by atoms with Crippen LogP contribution < -0.4 is 10.1 Å². The summed E-state index contributed by atoms with van der Waals surface area (Å²) in [5, 5.41) is 14.5. The van der Waals surface area contributed by atoms with Gasteiger partial charge < -0.3 is 15.2 Å². The second-order valence-corrected chi connectivity index (χ2v) is 9.62. The van der Waals surface area contributed by atoms with Crippen molar-refractivity contribution in [1.82, 2.24) is 5.32 Å². The maximum atomic E-state index is 13.2. The first kappa shape index (κ1) is 25.3. The van der Waals surface area contributed by atoms with Crippen molar-refractivity contribution in [3.63, 3.8) is 0 Å². The molecule has 5 nitrogen and oxygen atoms in total. The Balaban J connectivity index is 1.61.